The van der Waals surface area contributed by atoms with Gasteiger partial charge in [-0.25, -0.2) is 0 Å². The summed E-state index contributed by atoms with van der Waals surface area (Å²) < 4.78 is 0. The van der Waals surface area contributed by atoms with Crippen molar-refractivity contribution in [2.45, 2.75) is 34.6 Å². The van der Waals surface area contributed by atoms with Crippen molar-refractivity contribution >= 4 is 17.5 Å². The number of carbonyl (C=O) groups is 1. The summed E-state index contributed by atoms with van der Waals surface area (Å²) in [7, 11) is 0. The highest BCUT2D eigenvalue weighted by Crippen LogP contribution is 2.27. The van der Waals surface area contributed by atoms with Gasteiger partial charge >= 0.3 is 0 Å². The number of allylic oxidation sites excluding steroid dienone is 3. The van der Waals surface area contributed by atoms with E-state index in [2.05, 4.69) is 13.8 Å². The molecule has 0 spiro atoms. The fraction of sp³-hybridized carbons (Fsp3) is 0.545. The molecule has 0 heterocycles. The first-order valence-corrected chi connectivity index (χ1v) is 5.54. The maximum Gasteiger partial charge on any atom is 0.155 e. The predicted octanol–water partition coefficient (Wildman–Crippen LogP) is 3.57. The third-order valence-electron chi connectivity index (χ3n) is 2.09. The highest BCUT2D eigenvalue weighted by molar-refractivity contribution is 8.02. The zero-order valence-electron chi connectivity index (χ0n) is 9.32. The second-order valence-corrected chi connectivity index (χ2v) is 4.16. The highest BCUT2D eigenvalue weighted by atomic mass is 32.2. The predicted molar refractivity (Wildman–Crippen MR) is 60.9 cm³/mol. The van der Waals surface area contributed by atoms with Gasteiger partial charge in [-0.1, -0.05) is 5.57 Å². The van der Waals surface area contributed by atoms with Gasteiger partial charge in [0.05, 0.1) is 0 Å². The van der Waals surface area contributed by atoms with Crippen LogP contribution in [0.2, 0.25) is 0 Å². The lowest BCUT2D eigenvalue weighted by Crippen LogP contribution is -1.97. The van der Waals surface area contributed by atoms with E-state index in [1.165, 1.54) is 10.5 Å². The normalized spacial score (nSPS) is 12.2. The SMILES string of the molecule is CSC(=C(C)C)/C(C)=C(\C)C(C)=O. The first-order valence-electron chi connectivity index (χ1n) is 4.32. The summed E-state index contributed by atoms with van der Waals surface area (Å²) in [6.45, 7) is 9.65. The van der Waals surface area contributed by atoms with Crippen LogP contribution in [0, 0.1) is 0 Å². The molecule has 0 saturated heterocycles. The molecular formula is C11H18OS. The van der Waals surface area contributed by atoms with Crippen LogP contribution in [0.15, 0.2) is 21.6 Å². The van der Waals surface area contributed by atoms with E-state index in [1.807, 2.05) is 20.1 Å². The Morgan fingerprint density at radius 1 is 0.923 bits per heavy atom. The van der Waals surface area contributed by atoms with Crippen LogP contribution in [-0.2, 0) is 4.79 Å². The molecule has 0 aliphatic heterocycles. The molecule has 0 rings (SSSR count). The molecule has 0 fully saturated rings. The Morgan fingerprint density at radius 3 is 1.62 bits per heavy atom. The Hall–Kier alpha value is -0.500. The number of Topliss-reactive ketones (excluding diaryl/α,β-unsaturated/α-hetero) is 1. The van der Waals surface area contributed by atoms with Gasteiger partial charge in [0, 0.05) is 4.91 Å². The van der Waals surface area contributed by atoms with Crippen molar-refractivity contribution < 1.29 is 4.79 Å². The zero-order chi connectivity index (χ0) is 10.6. The lowest BCUT2D eigenvalue weighted by atomic mass is 10.1. The average Bonchev–Trinajstić information content (AvgIpc) is 2.03. The van der Waals surface area contributed by atoms with Crippen molar-refractivity contribution in [2.75, 3.05) is 6.26 Å². The van der Waals surface area contributed by atoms with Crippen molar-refractivity contribution in [1.29, 1.82) is 0 Å². The van der Waals surface area contributed by atoms with Gasteiger partial charge in [0.1, 0.15) is 0 Å². The molecule has 0 bridgehead atoms. The van der Waals surface area contributed by atoms with E-state index in [1.54, 1.807) is 18.7 Å². The minimum Gasteiger partial charge on any atom is -0.295 e. The fourth-order valence-electron chi connectivity index (χ4n) is 1.17. The van der Waals surface area contributed by atoms with Gasteiger partial charge in [-0.2, -0.15) is 0 Å². The number of hydrogen-bond donors (Lipinski definition) is 0. The van der Waals surface area contributed by atoms with Gasteiger partial charge in [-0.3, -0.25) is 4.79 Å². The van der Waals surface area contributed by atoms with E-state index in [9.17, 15) is 4.79 Å². The minimum atomic E-state index is 0.158. The van der Waals surface area contributed by atoms with Gasteiger partial charge in [0.15, 0.2) is 5.78 Å². The summed E-state index contributed by atoms with van der Waals surface area (Å²) in [5, 5.41) is 0. The second kappa shape index (κ2) is 5.28. The van der Waals surface area contributed by atoms with Crippen molar-refractivity contribution in [1.82, 2.24) is 0 Å². The van der Waals surface area contributed by atoms with E-state index < -0.39 is 0 Å². The molecule has 2 heteroatoms. The quantitative estimate of drug-likeness (QED) is 0.509. The Morgan fingerprint density at radius 2 is 1.38 bits per heavy atom. The van der Waals surface area contributed by atoms with Crippen LogP contribution in [0.25, 0.3) is 0 Å². The van der Waals surface area contributed by atoms with Gasteiger partial charge in [-0.15, -0.1) is 11.8 Å². The largest absolute Gasteiger partial charge is 0.295 e. The zero-order valence-corrected chi connectivity index (χ0v) is 10.1. The second-order valence-electron chi connectivity index (χ2n) is 3.34. The molecule has 0 radical (unpaired) electrons. The number of carbonyl (C=O) groups excluding carboxylic acids is 1. The molecule has 0 aromatic carbocycles. The van der Waals surface area contributed by atoms with Crippen LogP contribution >= 0.6 is 11.8 Å². The average molecular weight is 198 g/mol. The molecule has 0 unspecified atom stereocenters. The minimum absolute atomic E-state index is 0.158. The Balaban J connectivity index is 5.18. The molecule has 0 aromatic rings. The number of thioether (sulfide) groups is 1. The van der Waals surface area contributed by atoms with Crippen molar-refractivity contribution in [3.8, 4) is 0 Å². The number of rotatable bonds is 3. The van der Waals surface area contributed by atoms with Crippen molar-refractivity contribution in [3.05, 3.63) is 21.6 Å². The van der Waals surface area contributed by atoms with Gasteiger partial charge < -0.3 is 0 Å². The third kappa shape index (κ3) is 3.39. The topological polar surface area (TPSA) is 17.1 Å². The van der Waals surface area contributed by atoms with Crippen LogP contribution in [0.5, 0.6) is 0 Å². The smallest absolute Gasteiger partial charge is 0.155 e. The Kier molecular flexibility index (Phi) is 5.07. The summed E-state index contributed by atoms with van der Waals surface area (Å²) in [5.41, 5.74) is 3.25. The van der Waals surface area contributed by atoms with Crippen LogP contribution < -0.4 is 0 Å². The maximum absolute atomic E-state index is 11.1. The molecule has 0 amide bonds. The fourth-order valence-corrected chi connectivity index (χ4v) is 2.03. The molecule has 0 aromatic heterocycles. The molecule has 0 saturated carbocycles. The maximum atomic E-state index is 11.1. The van der Waals surface area contributed by atoms with E-state index in [-0.39, 0.29) is 5.78 Å². The third-order valence-corrected chi connectivity index (χ3v) is 3.21. The summed E-state index contributed by atoms with van der Waals surface area (Å²) in [4.78, 5) is 12.4. The molecule has 0 atom stereocenters. The Labute approximate surface area is 85.3 Å². The van der Waals surface area contributed by atoms with E-state index >= 15 is 0 Å². The van der Waals surface area contributed by atoms with Gasteiger partial charge in [0.2, 0.25) is 0 Å². The standard InChI is InChI=1S/C11H18OS/c1-7(2)11(13-6)9(4)8(3)10(5)12/h1-6H3/b9-8+. The van der Waals surface area contributed by atoms with E-state index in [0.717, 1.165) is 11.1 Å². The van der Waals surface area contributed by atoms with Crippen molar-refractivity contribution in [3.63, 3.8) is 0 Å². The lowest BCUT2D eigenvalue weighted by Gasteiger charge is -2.09. The lowest BCUT2D eigenvalue weighted by molar-refractivity contribution is -0.113. The van der Waals surface area contributed by atoms with Crippen LogP contribution in [0.1, 0.15) is 34.6 Å². The van der Waals surface area contributed by atoms with Crippen molar-refractivity contribution in [2.24, 2.45) is 0 Å². The summed E-state index contributed by atoms with van der Waals surface area (Å²) >= 11 is 1.70. The summed E-state index contributed by atoms with van der Waals surface area (Å²) in [6, 6.07) is 0. The summed E-state index contributed by atoms with van der Waals surface area (Å²) in [6.07, 6.45) is 2.04. The molecule has 0 N–H and O–H groups in total. The first-order chi connectivity index (χ1) is 5.91. The highest BCUT2D eigenvalue weighted by Gasteiger charge is 2.07. The monoisotopic (exact) mass is 198 g/mol. The molecule has 74 valence electrons. The summed E-state index contributed by atoms with van der Waals surface area (Å²) in [5.74, 6) is 0.158. The Bertz CT molecular complexity index is 268. The number of hydrogen-bond acceptors (Lipinski definition) is 2. The molecule has 0 aliphatic rings. The number of ketones is 1. The van der Waals surface area contributed by atoms with Gasteiger partial charge in [-0.05, 0) is 52.0 Å². The van der Waals surface area contributed by atoms with Crippen LogP contribution in [-0.4, -0.2) is 12.0 Å². The van der Waals surface area contributed by atoms with E-state index in [4.69, 9.17) is 0 Å². The van der Waals surface area contributed by atoms with Crippen LogP contribution in [0.4, 0.5) is 0 Å². The van der Waals surface area contributed by atoms with E-state index in [0.29, 0.717) is 0 Å². The first kappa shape index (κ1) is 12.5. The molecule has 13 heavy (non-hydrogen) atoms. The molecular weight excluding hydrogens is 180 g/mol. The molecule has 0 aliphatic carbocycles. The van der Waals surface area contributed by atoms with Gasteiger partial charge in [0.25, 0.3) is 0 Å². The molecule has 1 nitrogen and oxygen atoms in total. The van der Waals surface area contributed by atoms with Crippen LogP contribution in [0.3, 0.4) is 0 Å².